The lowest BCUT2D eigenvalue weighted by molar-refractivity contribution is -0.143. The lowest BCUT2D eigenvalue weighted by atomic mass is 10.1. The fourth-order valence-corrected chi connectivity index (χ4v) is 3.54. The van der Waals surface area contributed by atoms with E-state index in [0.29, 0.717) is 12.1 Å². The van der Waals surface area contributed by atoms with E-state index < -0.39 is 22.0 Å². The molecule has 0 amide bonds. The van der Waals surface area contributed by atoms with Crippen LogP contribution in [0.15, 0.2) is 23.1 Å². The van der Waals surface area contributed by atoms with Crippen molar-refractivity contribution < 1.29 is 17.9 Å². The fraction of sp³-hybridized carbons (Fsp3) is 0.462. The zero-order chi connectivity index (χ0) is 16.2. The van der Waals surface area contributed by atoms with Crippen molar-refractivity contribution in [3.8, 4) is 0 Å². The number of anilines is 1. The lowest BCUT2D eigenvalue weighted by Crippen LogP contribution is -2.42. The van der Waals surface area contributed by atoms with Gasteiger partial charge in [-0.05, 0) is 30.5 Å². The maximum atomic E-state index is 12.3. The lowest BCUT2D eigenvalue weighted by Gasteiger charge is -2.18. The van der Waals surface area contributed by atoms with Crippen LogP contribution in [-0.4, -0.2) is 27.5 Å². The highest BCUT2D eigenvalue weighted by atomic mass is 35.5. The Kier molecular flexibility index (Phi) is 6.00. The van der Waals surface area contributed by atoms with Crippen molar-refractivity contribution in [2.75, 3.05) is 12.8 Å². The van der Waals surface area contributed by atoms with E-state index in [1.807, 2.05) is 13.8 Å². The maximum absolute atomic E-state index is 12.3. The van der Waals surface area contributed by atoms with Crippen LogP contribution < -0.4 is 10.5 Å². The van der Waals surface area contributed by atoms with Crippen molar-refractivity contribution in [2.24, 2.45) is 5.92 Å². The highest BCUT2D eigenvalue weighted by molar-refractivity contribution is 7.89. The van der Waals surface area contributed by atoms with Gasteiger partial charge in [0.2, 0.25) is 10.0 Å². The van der Waals surface area contributed by atoms with Crippen molar-refractivity contribution in [1.82, 2.24) is 4.72 Å². The normalized spacial score (nSPS) is 13.2. The van der Waals surface area contributed by atoms with Crippen molar-refractivity contribution in [3.63, 3.8) is 0 Å². The SMILES string of the molecule is COC(=O)C(CC(C)C)NS(=O)(=O)c1ccc(N)cc1Cl. The molecule has 1 atom stereocenters. The number of rotatable bonds is 6. The second-order valence-corrected chi connectivity index (χ2v) is 7.11. The summed E-state index contributed by atoms with van der Waals surface area (Å²) in [5, 5.41) is -0.00402. The molecule has 0 radical (unpaired) electrons. The first-order chi connectivity index (χ1) is 9.67. The summed E-state index contributed by atoms with van der Waals surface area (Å²) in [7, 11) is -2.74. The Morgan fingerprint density at radius 2 is 2.05 bits per heavy atom. The number of hydrogen-bond donors (Lipinski definition) is 2. The molecule has 0 spiro atoms. The summed E-state index contributed by atoms with van der Waals surface area (Å²) in [6, 6.07) is 3.10. The summed E-state index contributed by atoms with van der Waals surface area (Å²) < 4.78 is 31.6. The molecule has 0 saturated carbocycles. The van der Waals surface area contributed by atoms with E-state index in [0.717, 1.165) is 0 Å². The minimum atomic E-state index is -3.95. The average molecular weight is 335 g/mol. The molecule has 0 aliphatic heterocycles. The summed E-state index contributed by atoms with van der Waals surface area (Å²) in [5.41, 5.74) is 5.89. The van der Waals surface area contributed by atoms with Gasteiger partial charge in [-0.3, -0.25) is 4.79 Å². The minimum absolute atomic E-state index is 0.00402. The van der Waals surface area contributed by atoms with Gasteiger partial charge in [0.05, 0.1) is 12.1 Å². The summed E-state index contributed by atoms with van der Waals surface area (Å²) >= 11 is 5.90. The van der Waals surface area contributed by atoms with Crippen molar-refractivity contribution >= 4 is 33.3 Å². The molecule has 0 saturated heterocycles. The molecule has 21 heavy (non-hydrogen) atoms. The van der Waals surface area contributed by atoms with Crippen LogP contribution >= 0.6 is 11.6 Å². The van der Waals surface area contributed by atoms with Gasteiger partial charge in [-0.2, -0.15) is 4.72 Å². The van der Waals surface area contributed by atoms with Gasteiger partial charge in [0, 0.05) is 5.69 Å². The standard InChI is InChI=1S/C13H19ClN2O4S/c1-8(2)6-11(13(17)20-3)16-21(18,19)12-5-4-9(15)7-10(12)14/h4-5,7-8,11,16H,6,15H2,1-3H3. The number of halogens is 1. The number of benzene rings is 1. The average Bonchev–Trinajstić information content (AvgIpc) is 2.35. The van der Waals surface area contributed by atoms with Crippen LogP contribution in [0.1, 0.15) is 20.3 Å². The van der Waals surface area contributed by atoms with Crippen LogP contribution in [0.25, 0.3) is 0 Å². The second kappa shape index (κ2) is 7.11. The molecule has 118 valence electrons. The van der Waals surface area contributed by atoms with Crippen molar-refractivity contribution in [2.45, 2.75) is 31.2 Å². The summed E-state index contributed by atoms with van der Waals surface area (Å²) in [5.74, 6) is -0.530. The third-order valence-corrected chi connectivity index (χ3v) is 4.69. The number of carbonyl (C=O) groups excluding carboxylic acids is 1. The van der Waals surface area contributed by atoms with Crippen molar-refractivity contribution in [1.29, 1.82) is 0 Å². The molecule has 0 aliphatic carbocycles. The van der Waals surface area contributed by atoms with Gasteiger partial charge < -0.3 is 10.5 Å². The minimum Gasteiger partial charge on any atom is -0.468 e. The fourth-order valence-electron chi connectivity index (χ4n) is 1.79. The van der Waals surface area contributed by atoms with Gasteiger partial charge in [0.1, 0.15) is 10.9 Å². The molecule has 1 aromatic rings. The van der Waals surface area contributed by atoms with E-state index in [1.54, 1.807) is 0 Å². The molecule has 0 aliphatic rings. The molecule has 1 unspecified atom stereocenters. The molecule has 3 N–H and O–H groups in total. The summed E-state index contributed by atoms with van der Waals surface area (Å²) in [6.07, 6.45) is 0.318. The smallest absolute Gasteiger partial charge is 0.323 e. The number of nitrogen functional groups attached to an aromatic ring is 1. The van der Waals surface area contributed by atoms with Gasteiger partial charge in [-0.1, -0.05) is 25.4 Å². The molecule has 0 fully saturated rings. The van der Waals surface area contributed by atoms with E-state index in [-0.39, 0.29) is 15.8 Å². The van der Waals surface area contributed by atoms with Gasteiger partial charge in [-0.15, -0.1) is 0 Å². The second-order valence-electron chi connectivity index (χ2n) is 5.02. The van der Waals surface area contributed by atoms with Crippen LogP contribution in [0.5, 0.6) is 0 Å². The first-order valence-corrected chi connectivity index (χ1v) is 8.18. The number of esters is 1. The van der Waals surface area contributed by atoms with Gasteiger partial charge in [-0.25, -0.2) is 8.42 Å². The summed E-state index contributed by atoms with van der Waals surface area (Å²) in [4.78, 5) is 11.6. The van der Waals surface area contributed by atoms with Gasteiger partial charge in [0.25, 0.3) is 0 Å². The number of ether oxygens (including phenoxy) is 1. The van der Waals surface area contributed by atoms with Crippen molar-refractivity contribution in [3.05, 3.63) is 23.2 Å². The van der Waals surface area contributed by atoms with E-state index >= 15 is 0 Å². The van der Waals surface area contributed by atoms with E-state index in [2.05, 4.69) is 9.46 Å². The molecule has 6 nitrogen and oxygen atoms in total. The Balaban J connectivity index is 3.08. The number of methoxy groups -OCH3 is 1. The van der Waals surface area contributed by atoms with E-state index in [9.17, 15) is 13.2 Å². The van der Waals surface area contributed by atoms with Crippen LogP contribution in [0.4, 0.5) is 5.69 Å². The number of nitrogens with two attached hydrogens (primary N) is 1. The van der Waals surface area contributed by atoms with Crippen LogP contribution in [-0.2, 0) is 19.6 Å². The number of hydrogen-bond acceptors (Lipinski definition) is 5. The largest absolute Gasteiger partial charge is 0.468 e. The molecular formula is C13H19ClN2O4S. The highest BCUT2D eigenvalue weighted by Crippen LogP contribution is 2.24. The maximum Gasteiger partial charge on any atom is 0.323 e. The molecule has 1 rings (SSSR count). The van der Waals surface area contributed by atoms with Crippen LogP contribution in [0.3, 0.4) is 0 Å². The first-order valence-electron chi connectivity index (χ1n) is 6.32. The molecule has 1 aromatic carbocycles. The van der Waals surface area contributed by atoms with E-state index in [4.69, 9.17) is 17.3 Å². The first kappa shape index (κ1) is 17.7. The van der Waals surface area contributed by atoms with Gasteiger partial charge in [0.15, 0.2) is 0 Å². The quantitative estimate of drug-likeness (QED) is 0.610. The monoisotopic (exact) mass is 334 g/mol. The Bertz CT molecular complexity index is 617. The Morgan fingerprint density at radius 3 is 2.52 bits per heavy atom. The number of sulfonamides is 1. The summed E-state index contributed by atoms with van der Waals surface area (Å²) in [6.45, 7) is 3.75. The molecular weight excluding hydrogens is 316 g/mol. The predicted octanol–water partition coefficient (Wildman–Crippen LogP) is 1.79. The van der Waals surface area contributed by atoms with Crippen LogP contribution in [0.2, 0.25) is 5.02 Å². The molecule has 0 heterocycles. The Morgan fingerprint density at radius 1 is 1.43 bits per heavy atom. The molecule has 0 bridgehead atoms. The van der Waals surface area contributed by atoms with E-state index in [1.165, 1.54) is 25.3 Å². The molecule has 8 heteroatoms. The van der Waals surface area contributed by atoms with Gasteiger partial charge >= 0.3 is 5.97 Å². The number of carbonyl (C=O) groups is 1. The van der Waals surface area contributed by atoms with Crippen LogP contribution in [0, 0.1) is 5.92 Å². The number of nitrogens with one attached hydrogen (secondary N) is 1. The third kappa shape index (κ3) is 4.87. The third-order valence-electron chi connectivity index (χ3n) is 2.74. The Hall–Kier alpha value is -1.31. The predicted molar refractivity (Wildman–Crippen MR) is 81.4 cm³/mol. The highest BCUT2D eigenvalue weighted by Gasteiger charge is 2.28. The zero-order valence-electron chi connectivity index (χ0n) is 12.1. The molecule has 0 aromatic heterocycles. The Labute approximate surface area is 129 Å². The zero-order valence-corrected chi connectivity index (χ0v) is 13.7. The topological polar surface area (TPSA) is 98.5 Å².